The molecule has 1 aliphatic carbocycles. The topological polar surface area (TPSA) is 67.7 Å². The van der Waals surface area contributed by atoms with Crippen molar-refractivity contribution in [3.8, 4) is 54.8 Å². The minimum atomic E-state index is -0.540. The van der Waals surface area contributed by atoms with Gasteiger partial charge in [0, 0.05) is 62.2 Å². The molecule has 1 aliphatic heterocycles. The maximum Gasteiger partial charge on any atom is 0.162 e. The van der Waals surface area contributed by atoms with Crippen LogP contribution in [0.15, 0.2) is 169 Å². The van der Waals surface area contributed by atoms with Crippen molar-refractivity contribution in [2.24, 2.45) is 0 Å². The fraction of sp³-hybridized carbons (Fsp3) is 0.0217. The van der Waals surface area contributed by atoms with Gasteiger partial charge in [-0.15, -0.1) is 22.7 Å². The van der Waals surface area contributed by atoms with Crippen molar-refractivity contribution in [2.75, 3.05) is 4.90 Å². The third kappa shape index (κ3) is 4.60. The van der Waals surface area contributed by atoms with Crippen molar-refractivity contribution in [3.63, 3.8) is 0 Å². The van der Waals surface area contributed by atoms with Gasteiger partial charge in [-0.25, -0.2) is 19.9 Å². The van der Waals surface area contributed by atoms with Crippen LogP contribution in [0.3, 0.4) is 0 Å². The van der Waals surface area contributed by atoms with Crippen LogP contribution in [-0.4, -0.2) is 24.9 Å². The fourth-order valence-electron chi connectivity index (χ4n) is 8.10. The molecule has 1 spiro atoms. The van der Waals surface area contributed by atoms with E-state index in [2.05, 4.69) is 124 Å². The Balaban J connectivity index is 1.12. The first-order chi connectivity index (χ1) is 26.8. The van der Waals surface area contributed by atoms with E-state index in [4.69, 9.17) is 19.9 Å². The van der Waals surface area contributed by atoms with Gasteiger partial charge in [-0.1, -0.05) is 97.1 Å². The van der Waals surface area contributed by atoms with Crippen molar-refractivity contribution < 1.29 is 0 Å². The standard InChI is InChI=1S/C46H28N6S2/c1-2-8-29(9-3-1)30-13-15-32(16-14-30)39-28-40(51-43(50-39)33-19-17-31(18-20-33)38-12-4-5-23-47-38)52-44-36(10-6-24-48-44)46(37-11-7-25-49-45(37)52)34-21-26-53-41(34)42-35(46)22-27-54-42/h1-28H. The van der Waals surface area contributed by atoms with Crippen LogP contribution in [0.1, 0.15) is 22.3 Å². The van der Waals surface area contributed by atoms with Crippen LogP contribution >= 0.6 is 22.7 Å². The number of anilines is 3. The molecule has 0 saturated carbocycles. The number of pyridine rings is 3. The first kappa shape index (κ1) is 31.0. The smallest absolute Gasteiger partial charge is 0.162 e. The molecule has 11 rings (SSSR count). The van der Waals surface area contributed by atoms with E-state index in [0.29, 0.717) is 11.6 Å². The quantitative estimate of drug-likeness (QED) is 0.176. The van der Waals surface area contributed by atoms with Gasteiger partial charge in [-0.3, -0.25) is 9.88 Å². The van der Waals surface area contributed by atoms with Crippen molar-refractivity contribution in [1.82, 2.24) is 24.9 Å². The minimum Gasteiger partial charge on any atom is -0.262 e. The Kier molecular flexibility index (Phi) is 7.01. The number of hydrogen-bond acceptors (Lipinski definition) is 8. The maximum absolute atomic E-state index is 5.33. The summed E-state index contributed by atoms with van der Waals surface area (Å²) in [7, 11) is 0. The first-order valence-electron chi connectivity index (χ1n) is 17.7. The van der Waals surface area contributed by atoms with Crippen LogP contribution in [-0.2, 0) is 5.41 Å². The Bertz CT molecular complexity index is 2640. The molecular weight excluding hydrogens is 701 g/mol. The molecule has 0 N–H and O–H groups in total. The number of benzene rings is 3. The van der Waals surface area contributed by atoms with Crippen LogP contribution in [0.4, 0.5) is 17.5 Å². The van der Waals surface area contributed by atoms with Gasteiger partial charge in [0.1, 0.15) is 17.5 Å². The van der Waals surface area contributed by atoms with Crippen molar-refractivity contribution >= 4 is 40.1 Å². The van der Waals surface area contributed by atoms with E-state index in [0.717, 1.165) is 56.4 Å². The van der Waals surface area contributed by atoms with E-state index in [1.54, 1.807) is 22.7 Å². The van der Waals surface area contributed by atoms with E-state index >= 15 is 0 Å². The summed E-state index contributed by atoms with van der Waals surface area (Å²) in [5, 5.41) is 4.41. The molecule has 7 heterocycles. The van der Waals surface area contributed by atoms with Gasteiger partial charge in [-0.05, 0) is 69.4 Å². The molecule has 2 aliphatic rings. The summed E-state index contributed by atoms with van der Waals surface area (Å²) in [6, 6.07) is 48.5. The van der Waals surface area contributed by atoms with Crippen LogP contribution < -0.4 is 4.90 Å². The van der Waals surface area contributed by atoms with Gasteiger partial charge >= 0.3 is 0 Å². The Labute approximate surface area is 319 Å². The Morgan fingerprint density at radius 3 is 1.61 bits per heavy atom. The van der Waals surface area contributed by atoms with Crippen LogP contribution in [0, 0.1) is 0 Å². The average Bonchev–Trinajstić information content (AvgIpc) is 3.99. The number of rotatable bonds is 5. The highest BCUT2D eigenvalue weighted by Gasteiger charge is 2.54. The monoisotopic (exact) mass is 728 g/mol. The van der Waals surface area contributed by atoms with Gasteiger partial charge in [0.05, 0.1) is 16.8 Å². The number of aromatic nitrogens is 5. The molecule has 0 amide bonds. The van der Waals surface area contributed by atoms with Gasteiger partial charge in [0.2, 0.25) is 0 Å². The van der Waals surface area contributed by atoms with E-state index in [-0.39, 0.29) is 0 Å². The van der Waals surface area contributed by atoms with Crippen molar-refractivity contribution in [2.45, 2.75) is 5.41 Å². The molecule has 3 aromatic carbocycles. The van der Waals surface area contributed by atoms with Crippen LogP contribution in [0.2, 0.25) is 0 Å². The number of nitrogens with zero attached hydrogens (tertiary/aromatic N) is 6. The molecule has 6 nitrogen and oxygen atoms in total. The number of thiophene rings is 2. The van der Waals surface area contributed by atoms with Gasteiger partial charge in [0.25, 0.3) is 0 Å². The molecule has 8 heteroatoms. The second-order valence-corrected chi connectivity index (χ2v) is 15.2. The largest absolute Gasteiger partial charge is 0.262 e. The summed E-state index contributed by atoms with van der Waals surface area (Å²) in [4.78, 5) is 30.1. The van der Waals surface area contributed by atoms with Crippen LogP contribution in [0.25, 0.3) is 54.8 Å². The molecule has 0 unspecified atom stereocenters. The molecule has 0 atom stereocenters. The first-order valence-corrected chi connectivity index (χ1v) is 19.5. The zero-order valence-corrected chi connectivity index (χ0v) is 30.3. The lowest BCUT2D eigenvalue weighted by molar-refractivity contribution is 0.738. The second kappa shape index (κ2) is 12.2. The highest BCUT2D eigenvalue weighted by molar-refractivity contribution is 7.21. The van der Waals surface area contributed by atoms with E-state index in [1.807, 2.05) is 55.0 Å². The molecule has 0 bridgehead atoms. The summed E-state index contributed by atoms with van der Waals surface area (Å²) in [6.45, 7) is 0. The summed E-state index contributed by atoms with van der Waals surface area (Å²) >= 11 is 3.61. The highest BCUT2D eigenvalue weighted by atomic mass is 32.1. The molecular formula is C46H28N6S2. The third-order valence-electron chi connectivity index (χ3n) is 10.5. The SMILES string of the molecule is c1ccc(-c2ccc(-c3cc(N4c5ncccc5C5(c6cccnc64)c4ccsc4-c4sccc45)nc(-c4ccc(-c5ccccn5)cc4)n3)cc2)cc1. The summed E-state index contributed by atoms with van der Waals surface area (Å²) in [6.07, 6.45) is 5.55. The van der Waals surface area contributed by atoms with Crippen molar-refractivity contribution in [1.29, 1.82) is 0 Å². The Hall–Kier alpha value is -6.61. The molecule has 254 valence electrons. The molecule has 0 fully saturated rings. The zero-order valence-electron chi connectivity index (χ0n) is 28.7. The second-order valence-electron chi connectivity index (χ2n) is 13.3. The number of hydrogen-bond donors (Lipinski definition) is 0. The van der Waals surface area contributed by atoms with E-state index in [9.17, 15) is 0 Å². The fourth-order valence-corrected chi connectivity index (χ4v) is 10.2. The van der Waals surface area contributed by atoms with Gasteiger partial charge in [0.15, 0.2) is 5.82 Å². The lowest BCUT2D eigenvalue weighted by atomic mass is 9.67. The molecule has 9 aromatic rings. The van der Waals surface area contributed by atoms with Crippen LogP contribution in [0.5, 0.6) is 0 Å². The molecule has 0 saturated heterocycles. The third-order valence-corrected chi connectivity index (χ3v) is 12.5. The molecule has 54 heavy (non-hydrogen) atoms. The highest BCUT2D eigenvalue weighted by Crippen LogP contribution is 2.64. The van der Waals surface area contributed by atoms with Gasteiger partial charge in [-0.2, -0.15) is 0 Å². The summed E-state index contributed by atoms with van der Waals surface area (Å²) in [5.74, 6) is 2.92. The molecule has 0 radical (unpaired) electrons. The molecule has 6 aromatic heterocycles. The maximum atomic E-state index is 5.33. The zero-order chi connectivity index (χ0) is 35.6. The van der Waals surface area contributed by atoms with Gasteiger partial charge < -0.3 is 0 Å². The summed E-state index contributed by atoms with van der Waals surface area (Å²) < 4.78 is 0. The van der Waals surface area contributed by atoms with E-state index < -0.39 is 5.41 Å². The predicted octanol–water partition coefficient (Wildman–Crippen LogP) is 11.6. The lowest BCUT2D eigenvalue weighted by Gasteiger charge is -2.42. The lowest BCUT2D eigenvalue weighted by Crippen LogP contribution is -2.37. The normalized spacial score (nSPS) is 13.3. The van der Waals surface area contributed by atoms with Crippen molar-refractivity contribution in [3.05, 3.63) is 191 Å². The number of fused-ring (bicyclic) bond motifs is 9. The summed E-state index contributed by atoms with van der Waals surface area (Å²) in [5.41, 5.74) is 11.2. The Morgan fingerprint density at radius 2 is 0.981 bits per heavy atom. The van der Waals surface area contributed by atoms with E-state index in [1.165, 1.54) is 26.4 Å². The predicted molar refractivity (Wildman–Crippen MR) is 218 cm³/mol. The Morgan fingerprint density at radius 1 is 0.426 bits per heavy atom. The minimum absolute atomic E-state index is 0.540. The average molecular weight is 729 g/mol.